The second kappa shape index (κ2) is 11.0. The number of carbonyl (C=O) groups excluding carboxylic acids is 1. The third-order valence-electron chi connectivity index (χ3n) is 6.63. The van der Waals surface area contributed by atoms with Gasteiger partial charge in [-0.1, -0.05) is 93.9 Å². The number of hydrogen-bond donors (Lipinski definition) is 0. The number of allylic oxidation sites excluding steroid dienone is 1. The van der Waals surface area contributed by atoms with E-state index in [1.54, 1.807) is 6.08 Å². The minimum atomic E-state index is -2.53. The van der Waals surface area contributed by atoms with E-state index in [4.69, 9.17) is 9.16 Å². The van der Waals surface area contributed by atoms with E-state index in [2.05, 4.69) is 81.4 Å². The Bertz CT molecular complexity index is 899. The summed E-state index contributed by atoms with van der Waals surface area (Å²) in [4.78, 5) is 12.0. The van der Waals surface area contributed by atoms with E-state index in [9.17, 15) is 4.79 Å². The summed E-state index contributed by atoms with van der Waals surface area (Å²) in [6.45, 7) is 12.7. The Morgan fingerprint density at radius 1 is 0.912 bits per heavy atom. The molecule has 3 rings (SSSR count). The summed E-state index contributed by atoms with van der Waals surface area (Å²) in [5.41, 5.74) is -0.457. The Balaban J connectivity index is 1.81. The number of hydrogen-bond acceptors (Lipinski definition) is 3. The molecule has 3 nitrogen and oxygen atoms in total. The minimum Gasteiger partial charge on any atom is -0.457 e. The van der Waals surface area contributed by atoms with E-state index >= 15 is 0 Å². The van der Waals surface area contributed by atoms with Gasteiger partial charge in [-0.15, -0.1) is 0 Å². The van der Waals surface area contributed by atoms with Gasteiger partial charge in [-0.2, -0.15) is 0 Å². The Hall–Kier alpha value is -2.17. The summed E-state index contributed by atoms with van der Waals surface area (Å²) in [5.74, 6) is 0.263. The molecule has 0 unspecified atom stereocenters. The van der Waals surface area contributed by atoms with E-state index < -0.39 is 13.9 Å². The highest BCUT2D eigenvalue weighted by molar-refractivity contribution is 6.99. The van der Waals surface area contributed by atoms with Gasteiger partial charge in [-0.05, 0) is 67.8 Å². The topological polar surface area (TPSA) is 35.5 Å². The van der Waals surface area contributed by atoms with Gasteiger partial charge in [0.15, 0.2) is 0 Å². The van der Waals surface area contributed by atoms with Crippen LogP contribution in [-0.4, -0.2) is 26.0 Å². The second-order valence-corrected chi connectivity index (χ2v) is 15.9. The molecule has 2 aromatic carbocycles. The van der Waals surface area contributed by atoms with Crippen LogP contribution in [0.4, 0.5) is 0 Å². The zero-order valence-electron chi connectivity index (χ0n) is 21.8. The lowest BCUT2D eigenvalue weighted by Crippen LogP contribution is -2.67. The third kappa shape index (κ3) is 6.70. The lowest BCUT2D eigenvalue weighted by Gasteiger charge is -2.46. The van der Waals surface area contributed by atoms with E-state index in [1.807, 2.05) is 26.8 Å². The monoisotopic (exact) mass is 478 g/mol. The molecule has 0 heterocycles. The summed E-state index contributed by atoms with van der Waals surface area (Å²) in [5, 5.41) is 2.65. The van der Waals surface area contributed by atoms with Crippen LogP contribution >= 0.6 is 0 Å². The van der Waals surface area contributed by atoms with Gasteiger partial charge in [-0.25, -0.2) is 4.79 Å². The average molecular weight is 479 g/mol. The third-order valence-corrected chi connectivity index (χ3v) is 11.7. The van der Waals surface area contributed by atoms with Crippen LogP contribution in [-0.2, 0) is 14.0 Å². The molecule has 0 N–H and O–H groups in total. The number of rotatable bonds is 7. The predicted octanol–water partition coefficient (Wildman–Crippen LogP) is 6.41. The summed E-state index contributed by atoms with van der Waals surface area (Å²) in [6, 6.07) is 21.8. The van der Waals surface area contributed by atoms with Crippen molar-refractivity contribution in [2.45, 2.75) is 90.4 Å². The molecule has 0 amide bonds. The molecule has 34 heavy (non-hydrogen) atoms. The van der Waals surface area contributed by atoms with Crippen molar-refractivity contribution in [2.24, 2.45) is 5.92 Å². The van der Waals surface area contributed by atoms with Gasteiger partial charge in [0, 0.05) is 12.2 Å². The first-order chi connectivity index (χ1) is 16.0. The number of esters is 1. The predicted molar refractivity (Wildman–Crippen MR) is 144 cm³/mol. The molecule has 2 atom stereocenters. The Labute approximate surface area is 207 Å². The normalized spacial score (nSPS) is 19.8. The maximum Gasteiger partial charge on any atom is 0.330 e. The van der Waals surface area contributed by atoms with Gasteiger partial charge in [0.1, 0.15) is 5.60 Å². The van der Waals surface area contributed by atoms with Crippen LogP contribution in [0, 0.1) is 5.92 Å². The second-order valence-electron chi connectivity index (χ2n) is 11.6. The molecule has 0 bridgehead atoms. The molecule has 1 aliphatic carbocycles. The van der Waals surface area contributed by atoms with Gasteiger partial charge in [0.05, 0.1) is 0 Å². The van der Waals surface area contributed by atoms with Crippen LogP contribution in [0.5, 0.6) is 0 Å². The fourth-order valence-corrected chi connectivity index (χ4v) is 9.93. The quantitative estimate of drug-likeness (QED) is 0.262. The van der Waals surface area contributed by atoms with E-state index in [0.717, 1.165) is 25.7 Å². The molecule has 0 spiro atoms. The lowest BCUT2D eigenvalue weighted by atomic mass is 9.85. The highest BCUT2D eigenvalue weighted by Crippen LogP contribution is 2.40. The van der Waals surface area contributed by atoms with Gasteiger partial charge in [-0.3, -0.25) is 0 Å². The van der Waals surface area contributed by atoms with E-state index in [-0.39, 0.29) is 17.1 Å². The zero-order valence-corrected chi connectivity index (χ0v) is 22.8. The first-order valence-electron chi connectivity index (χ1n) is 12.7. The van der Waals surface area contributed by atoms with Crippen molar-refractivity contribution in [3.05, 3.63) is 72.8 Å². The summed E-state index contributed by atoms with van der Waals surface area (Å²) in [6.07, 6.45) is 9.16. The Kier molecular flexibility index (Phi) is 8.59. The van der Waals surface area contributed by atoms with Crippen molar-refractivity contribution in [3.63, 3.8) is 0 Å². The number of benzene rings is 2. The molecule has 0 saturated heterocycles. The number of carbonyl (C=O) groups is 1. The Morgan fingerprint density at radius 3 is 1.97 bits per heavy atom. The largest absolute Gasteiger partial charge is 0.457 e. The van der Waals surface area contributed by atoms with Gasteiger partial charge in [0.25, 0.3) is 8.32 Å². The van der Waals surface area contributed by atoms with Crippen LogP contribution < -0.4 is 10.4 Å². The van der Waals surface area contributed by atoms with Gasteiger partial charge >= 0.3 is 5.97 Å². The lowest BCUT2D eigenvalue weighted by molar-refractivity contribution is -0.148. The summed E-state index contributed by atoms with van der Waals surface area (Å²) >= 11 is 0. The van der Waals surface area contributed by atoms with Crippen molar-refractivity contribution in [2.75, 3.05) is 0 Å². The molecule has 2 aromatic rings. The molecular weight excluding hydrogens is 436 g/mol. The summed E-state index contributed by atoms with van der Waals surface area (Å²) in [7, 11) is -2.53. The Morgan fingerprint density at radius 2 is 1.47 bits per heavy atom. The maximum absolute atomic E-state index is 12.0. The maximum atomic E-state index is 12.0. The van der Waals surface area contributed by atoms with Gasteiger partial charge < -0.3 is 9.16 Å². The highest BCUT2D eigenvalue weighted by Gasteiger charge is 2.51. The molecule has 0 aromatic heterocycles. The fourth-order valence-electron chi connectivity index (χ4n) is 5.20. The SMILES string of the molecule is CC(C)(C)OC(=O)/C=C/C[C@H]1CCC[C@@H](O[Si](c2ccccc2)(c2ccccc2)C(C)(C)C)C1. The first kappa shape index (κ1) is 26.4. The molecule has 1 saturated carbocycles. The minimum absolute atomic E-state index is 0.0146. The van der Waals surface area contributed by atoms with Crippen LogP contribution in [0.2, 0.25) is 5.04 Å². The summed E-state index contributed by atoms with van der Waals surface area (Å²) < 4.78 is 12.8. The van der Waals surface area contributed by atoms with E-state index in [0.29, 0.717) is 5.92 Å². The van der Waals surface area contributed by atoms with Crippen molar-refractivity contribution in [3.8, 4) is 0 Å². The van der Waals surface area contributed by atoms with Crippen LogP contribution in [0.1, 0.15) is 73.6 Å². The van der Waals surface area contributed by atoms with Crippen molar-refractivity contribution in [1.29, 1.82) is 0 Å². The van der Waals surface area contributed by atoms with E-state index in [1.165, 1.54) is 16.8 Å². The molecule has 4 heteroatoms. The average Bonchev–Trinajstić information content (AvgIpc) is 2.77. The van der Waals surface area contributed by atoms with Crippen LogP contribution in [0.3, 0.4) is 0 Å². The van der Waals surface area contributed by atoms with Crippen molar-refractivity contribution >= 4 is 24.7 Å². The number of ether oxygens (including phenoxy) is 1. The van der Waals surface area contributed by atoms with Crippen LogP contribution in [0.25, 0.3) is 0 Å². The smallest absolute Gasteiger partial charge is 0.330 e. The first-order valence-corrected chi connectivity index (χ1v) is 14.6. The van der Waals surface area contributed by atoms with Crippen molar-refractivity contribution in [1.82, 2.24) is 0 Å². The molecule has 0 aliphatic heterocycles. The standard InChI is InChI=1S/C30H42O3Si/c1-29(2,3)32-28(31)22-14-16-24-15-13-17-25(23-24)33-34(30(4,5)6,26-18-9-7-10-19-26)27-20-11-8-12-21-27/h7-12,14,18-22,24-25H,13,15-17,23H2,1-6H3/b22-14+/t24-,25-/m1/s1. The molecule has 184 valence electrons. The fraction of sp³-hybridized carbons (Fsp3) is 0.500. The molecule has 1 fully saturated rings. The molecular formula is C30H42O3Si. The molecule has 1 aliphatic rings. The van der Waals surface area contributed by atoms with Crippen LogP contribution in [0.15, 0.2) is 72.8 Å². The highest BCUT2D eigenvalue weighted by atomic mass is 28.4. The van der Waals surface area contributed by atoms with Crippen molar-refractivity contribution < 1.29 is 14.0 Å². The molecule has 0 radical (unpaired) electrons. The van der Waals surface area contributed by atoms with Gasteiger partial charge in [0.2, 0.25) is 0 Å². The zero-order chi connectivity index (χ0) is 24.8.